The molecule has 0 aromatic heterocycles. The van der Waals surface area contributed by atoms with Gasteiger partial charge in [-0.15, -0.1) is 11.6 Å². The number of hydrogen-bond donors (Lipinski definition) is 2. The second-order valence-electron chi connectivity index (χ2n) is 3.62. The number of hydrogen-bond acceptors (Lipinski definition) is 3. The molecule has 0 spiro atoms. The van der Waals surface area contributed by atoms with Crippen LogP contribution in [0.3, 0.4) is 0 Å². The number of benzene rings is 1. The van der Waals surface area contributed by atoms with Crippen LogP contribution in [0.25, 0.3) is 0 Å². The fourth-order valence-corrected chi connectivity index (χ4v) is 1.51. The SMILES string of the molecule is CC(Cl)C(=O)c1ccc(CCNNC=O)cc1. The molecule has 0 bridgehead atoms. The van der Waals surface area contributed by atoms with Gasteiger partial charge < -0.3 is 0 Å². The van der Waals surface area contributed by atoms with E-state index in [1.807, 2.05) is 12.1 Å². The lowest BCUT2D eigenvalue weighted by Gasteiger charge is -2.05. The van der Waals surface area contributed by atoms with Crippen LogP contribution < -0.4 is 10.9 Å². The summed E-state index contributed by atoms with van der Waals surface area (Å²) >= 11 is 5.72. The summed E-state index contributed by atoms with van der Waals surface area (Å²) in [4.78, 5) is 21.5. The molecule has 1 aromatic rings. The van der Waals surface area contributed by atoms with Crippen LogP contribution in [0, 0.1) is 0 Å². The number of halogens is 1. The van der Waals surface area contributed by atoms with Gasteiger partial charge in [-0.05, 0) is 18.9 Å². The van der Waals surface area contributed by atoms with Crippen molar-refractivity contribution in [3.8, 4) is 0 Å². The summed E-state index contributed by atoms with van der Waals surface area (Å²) in [5, 5.41) is -0.501. The molecule has 5 heteroatoms. The van der Waals surface area contributed by atoms with Gasteiger partial charge in [0, 0.05) is 12.1 Å². The van der Waals surface area contributed by atoms with Crippen molar-refractivity contribution in [2.75, 3.05) is 6.54 Å². The van der Waals surface area contributed by atoms with Gasteiger partial charge in [0.25, 0.3) is 0 Å². The molecule has 1 atom stereocenters. The Morgan fingerprint density at radius 1 is 1.41 bits per heavy atom. The van der Waals surface area contributed by atoms with Crippen LogP contribution in [0.2, 0.25) is 0 Å². The zero-order valence-electron chi connectivity index (χ0n) is 9.57. The van der Waals surface area contributed by atoms with E-state index in [-0.39, 0.29) is 5.78 Å². The third-order valence-electron chi connectivity index (χ3n) is 2.30. The highest BCUT2D eigenvalue weighted by Gasteiger charge is 2.11. The van der Waals surface area contributed by atoms with E-state index in [0.717, 1.165) is 12.0 Å². The first kappa shape index (κ1) is 13.7. The molecule has 1 unspecified atom stereocenters. The Morgan fingerprint density at radius 3 is 2.59 bits per heavy atom. The largest absolute Gasteiger partial charge is 0.294 e. The number of alkyl halides is 1. The van der Waals surface area contributed by atoms with Crippen molar-refractivity contribution in [3.63, 3.8) is 0 Å². The van der Waals surface area contributed by atoms with Gasteiger partial charge in [-0.2, -0.15) is 0 Å². The van der Waals surface area contributed by atoms with E-state index < -0.39 is 5.38 Å². The van der Waals surface area contributed by atoms with Gasteiger partial charge in [0.2, 0.25) is 6.41 Å². The molecule has 0 aliphatic rings. The zero-order chi connectivity index (χ0) is 12.7. The summed E-state index contributed by atoms with van der Waals surface area (Å²) in [6.07, 6.45) is 1.36. The first-order valence-corrected chi connectivity index (χ1v) is 5.78. The lowest BCUT2D eigenvalue weighted by atomic mass is 10.1. The van der Waals surface area contributed by atoms with Crippen molar-refractivity contribution in [1.29, 1.82) is 0 Å². The van der Waals surface area contributed by atoms with Crippen LogP contribution >= 0.6 is 11.6 Å². The second kappa shape index (κ2) is 7.04. The Hall–Kier alpha value is -1.39. The van der Waals surface area contributed by atoms with E-state index in [1.165, 1.54) is 0 Å². The number of nitrogens with one attached hydrogen (secondary N) is 2. The smallest absolute Gasteiger partial charge is 0.221 e. The highest BCUT2D eigenvalue weighted by molar-refractivity contribution is 6.33. The minimum atomic E-state index is -0.501. The number of carbonyl (C=O) groups excluding carboxylic acids is 2. The van der Waals surface area contributed by atoms with E-state index in [4.69, 9.17) is 11.6 Å². The van der Waals surface area contributed by atoms with E-state index in [2.05, 4.69) is 10.9 Å². The summed E-state index contributed by atoms with van der Waals surface area (Å²) in [6, 6.07) is 7.30. The van der Waals surface area contributed by atoms with Crippen LogP contribution in [-0.4, -0.2) is 24.1 Å². The maximum atomic E-state index is 11.6. The quantitative estimate of drug-likeness (QED) is 0.253. The van der Waals surface area contributed by atoms with Crippen LogP contribution in [0.4, 0.5) is 0 Å². The molecule has 0 radical (unpaired) electrons. The summed E-state index contributed by atoms with van der Waals surface area (Å²) < 4.78 is 0. The van der Waals surface area contributed by atoms with Gasteiger partial charge in [-0.25, -0.2) is 5.43 Å². The lowest BCUT2D eigenvalue weighted by Crippen LogP contribution is -2.31. The molecule has 17 heavy (non-hydrogen) atoms. The Morgan fingerprint density at radius 2 is 2.06 bits per heavy atom. The summed E-state index contributed by atoms with van der Waals surface area (Å²) in [5.74, 6) is -0.0704. The topological polar surface area (TPSA) is 58.2 Å². The maximum Gasteiger partial charge on any atom is 0.221 e. The Balaban J connectivity index is 2.50. The Bertz CT molecular complexity index is 377. The molecule has 0 saturated carbocycles. The van der Waals surface area contributed by atoms with Crippen molar-refractivity contribution in [2.45, 2.75) is 18.7 Å². The standard InChI is InChI=1S/C12H15ClN2O2/c1-9(13)12(17)11-4-2-10(3-5-11)6-7-14-15-8-16/h2-5,8-9,14H,6-7H2,1H3,(H,15,16). The molecule has 92 valence electrons. The van der Waals surface area contributed by atoms with E-state index in [0.29, 0.717) is 18.5 Å². The minimum absolute atomic E-state index is 0.0704. The van der Waals surface area contributed by atoms with Gasteiger partial charge in [0.1, 0.15) is 0 Å². The predicted octanol–water partition coefficient (Wildman–Crippen LogP) is 1.29. The number of ketones is 1. The average molecular weight is 255 g/mol. The Labute approximate surface area is 105 Å². The van der Waals surface area contributed by atoms with Crippen molar-refractivity contribution < 1.29 is 9.59 Å². The number of carbonyl (C=O) groups is 2. The lowest BCUT2D eigenvalue weighted by molar-refractivity contribution is -0.110. The fraction of sp³-hybridized carbons (Fsp3) is 0.333. The van der Waals surface area contributed by atoms with E-state index in [1.54, 1.807) is 19.1 Å². The third kappa shape index (κ3) is 4.54. The number of rotatable bonds is 7. The summed E-state index contributed by atoms with van der Waals surface area (Å²) in [7, 11) is 0. The Kier molecular flexibility index (Phi) is 5.66. The monoisotopic (exact) mass is 254 g/mol. The van der Waals surface area contributed by atoms with E-state index in [9.17, 15) is 9.59 Å². The highest BCUT2D eigenvalue weighted by Crippen LogP contribution is 2.10. The van der Waals surface area contributed by atoms with Crippen LogP contribution in [0.15, 0.2) is 24.3 Å². The van der Waals surface area contributed by atoms with Gasteiger partial charge in [-0.1, -0.05) is 24.3 Å². The molecular weight excluding hydrogens is 240 g/mol. The number of amides is 1. The molecule has 1 amide bonds. The van der Waals surface area contributed by atoms with Crippen LogP contribution in [-0.2, 0) is 11.2 Å². The van der Waals surface area contributed by atoms with Gasteiger partial charge in [-0.3, -0.25) is 15.0 Å². The van der Waals surface area contributed by atoms with Crippen LogP contribution in [0.5, 0.6) is 0 Å². The molecule has 1 aromatic carbocycles. The third-order valence-corrected chi connectivity index (χ3v) is 2.50. The molecule has 2 N–H and O–H groups in total. The van der Waals surface area contributed by atoms with Crippen LogP contribution in [0.1, 0.15) is 22.8 Å². The van der Waals surface area contributed by atoms with Crippen molar-refractivity contribution in [1.82, 2.24) is 10.9 Å². The fourth-order valence-electron chi connectivity index (χ4n) is 1.39. The zero-order valence-corrected chi connectivity index (χ0v) is 10.3. The maximum absolute atomic E-state index is 11.6. The van der Waals surface area contributed by atoms with Gasteiger partial charge in [0.05, 0.1) is 5.38 Å². The number of Topliss-reactive ketones (excluding diaryl/α,β-unsaturated/α-hetero) is 1. The first-order valence-electron chi connectivity index (χ1n) is 5.34. The van der Waals surface area contributed by atoms with Crippen molar-refractivity contribution in [2.24, 2.45) is 0 Å². The van der Waals surface area contributed by atoms with Gasteiger partial charge in [0.15, 0.2) is 5.78 Å². The highest BCUT2D eigenvalue weighted by atomic mass is 35.5. The summed E-state index contributed by atoms with van der Waals surface area (Å²) in [5.41, 5.74) is 6.80. The molecule has 0 heterocycles. The second-order valence-corrected chi connectivity index (χ2v) is 4.27. The molecule has 0 fully saturated rings. The summed E-state index contributed by atoms with van der Waals surface area (Å²) in [6.45, 7) is 2.30. The van der Waals surface area contributed by atoms with Gasteiger partial charge >= 0.3 is 0 Å². The van der Waals surface area contributed by atoms with Crippen molar-refractivity contribution in [3.05, 3.63) is 35.4 Å². The normalized spacial score (nSPS) is 11.9. The molecule has 1 rings (SSSR count). The molecule has 0 aliphatic carbocycles. The molecule has 0 saturated heterocycles. The minimum Gasteiger partial charge on any atom is -0.294 e. The first-order chi connectivity index (χ1) is 8.15. The van der Waals surface area contributed by atoms with Crippen molar-refractivity contribution >= 4 is 23.8 Å². The number of hydrazine groups is 1. The average Bonchev–Trinajstić information content (AvgIpc) is 2.34. The predicted molar refractivity (Wildman–Crippen MR) is 67.0 cm³/mol. The molecular formula is C12H15ClN2O2. The molecule has 0 aliphatic heterocycles. The molecule has 4 nitrogen and oxygen atoms in total. The van der Waals surface area contributed by atoms with E-state index >= 15 is 0 Å².